The largest absolute Gasteiger partial charge is 0.326 e. The molecular formula is C19H19Cl2N3O2S. The van der Waals surface area contributed by atoms with Gasteiger partial charge in [-0.25, -0.2) is 5.43 Å². The van der Waals surface area contributed by atoms with E-state index < -0.39 is 0 Å². The van der Waals surface area contributed by atoms with Gasteiger partial charge in [0.1, 0.15) is 0 Å². The molecule has 0 aromatic heterocycles. The van der Waals surface area contributed by atoms with Gasteiger partial charge >= 0.3 is 0 Å². The van der Waals surface area contributed by atoms with Gasteiger partial charge in [0.05, 0.1) is 16.3 Å². The van der Waals surface area contributed by atoms with Crippen LogP contribution in [-0.2, 0) is 9.59 Å². The number of hydrogen-bond donors (Lipinski definition) is 2. The van der Waals surface area contributed by atoms with Gasteiger partial charge in [0.25, 0.3) is 0 Å². The van der Waals surface area contributed by atoms with Crippen LogP contribution in [0.2, 0.25) is 10.0 Å². The Balaban J connectivity index is 1.68. The first-order valence-electron chi connectivity index (χ1n) is 8.19. The predicted molar refractivity (Wildman–Crippen MR) is 113 cm³/mol. The first-order chi connectivity index (χ1) is 13.0. The van der Waals surface area contributed by atoms with E-state index in [0.29, 0.717) is 22.2 Å². The van der Waals surface area contributed by atoms with Gasteiger partial charge < -0.3 is 5.32 Å². The molecule has 0 aliphatic rings. The number of carbonyl (C=O) groups is 2. The molecule has 0 aliphatic carbocycles. The number of halogens is 2. The van der Waals surface area contributed by atoms with E-state index in [1.165, 1.54) is 0 Å². The average molecular weight is 424 g/mol. The molecule has 0 unspecified atom stereocenters. The van der Waals surface area contributed by atoms with E-state index in [0.717, 1.165) is 10.5 Å². The number of hydrazone groups is 1. The van der Waals surface area contributed by atoms with Crippen molar-refractivity contribution in [3.63, 3.8) is 0 Å². The highest BCUT2D eigenvalue weighted by atomic mass is 35.5. The standard InChI is InChI=1S/C19H19Cl2N3O2S/c1-27-15-8-5-13(6-9-15)12-22-24-19(26)4-2-3-18(25)23-14-7-10-16(20)17(21)11-14/h5-12H,2-4H2,1H3,(H,23,25)(H,24,26)/b22-12-. The van der Waals surface area contributed by atoms with Crippen molar-refractivity contribution < 1.29 is 9.59 Å². The third-order valence-corrected chi connectivity index (χ3v) is 5.01. The summed E-state index contributed by atoms with van der Waals surface area (Å²) in [5.74, 6) is -0.437. The third kappa shape index (κ3) is 7.62. The quantitative estimate of drug-likeness (QED) is 0.357. The minimum atomic E-state index is -0.241. The Morgan fingerprint density at radius 1 is 1.04 bits per heavy atom. The summed E-state index contributed by atoms with van der Waals surface area (Å²) in [6.45, 7) is 0. The first-order valence-corrected chi connectivity index (χ1v) is 10.2. The summed E-state index contributed by atoms with van der Waals surface area (Å²) in [6, 6.07) is 12.7. The van der Waals surface area contributed by atoms with E-state index >= 15 is 0 Å². The summed E-state index contributed by atoms with van der Waals surface area (Å²) in [5, 5.41) is 7.43. The number of anilines is 1. The van der Waals surface area contributed by atoms with Gasteiger partial charge in [-0.15, -0.1) is 11.8 Å². The Kier molecular flexibility index (Phi) is 8.64. The zero-order valence-electron chi connectivity index (χ0n) is 14.7. The number of thioether (sulfide) groups is 1. The minimum Gasteiger partial charge on any atom is -0.326 e. The number of amides is 2. The molecule has 0 spiro atoms. The second kappa shape index (κ2) is 11.0. The lowest BCUT2D eigenvalue weighted by Gasteiger charge is -2.06. The van der Waals surface area contributed by atoms with E-state index in [4.69, 9.17) is 23.2 Å². The monoisotopic (exact) mass is 423 g/mol. The highest BCUT2D eigenvalue weighted by molar-refractivity contribution is 7.98. The Bertz CT molecular complexity index is 826. The molecule has 0 bridgehead atoms. The molecule has 0 atom stereocenters. The van der Waals surface area contributed by atoms with Crippen molar-refractivity contribution in [1.29, 1.82) is 0 Å². The van der Waals surface area contributed by atoms with Crippen molar-refractivity contribution in [1.82, 2.24) is 5.43 Å². The van der Waals surface area contributed by atoms with Gasteiger partial charge in [0.15, 0.2) is 0 Å². The lowest BCUT2D eigenvalue weighted by molar-refractivity contribution is -0.121. The van der Waals surface area contributed by atoms with Gasteiger partial charge in [-0.3, -0.25) is 9.59 Å². The average Bonchev–Trinajstić information content (AvgIpc) is 2.65. The molecule has 142 valence electrons. The molecule has 0 heterocycles. The van der Waals surface area contributed by atoms with E-state index in [1.807, 2.05) is 30.5 Å². The molecule has 0 radical (unpaired) electrons. The van der Waals surface area contributed by atoms with Gasteiger partial charge in [-0.05, 0) is 48.6 Å². The molecular weight excluding hydrogens is 405 g/mol. The Hall–Kier alpha value is -2.02. The molecule has 2 rings (SSSR count). The Morgan fingerprint density at radius 2 is 1.74 bits per heavy atom. The number of nitrogens with zero attached hydrogens (tertiary/aromatic N) is 1. The lowest BCUT2D eigenvalue weighted by Crippen LogP contribution is -2.18. The van der Waals surface area contributed by atoms with Crippen LogP contribution in [0.25, 0.3) is 0 Å². The molecule has 2 amide bonds. The van der Waals surface area contributed by atoms with Crippen molar-refractivity contribution in [3.05, 3.63) is 58.1 Å². The second-order valence-corrected chi connectivity index (χ2v) is 7.29. The summed E-state index contributed by atoms with van der Waals surface area (Å²) >= 11 is 13.4. The molecule has 8 heteroatoms. The van der Waals surface area contributed by atoms with Crippen LogP contribution < -0.4 is 10.7 Å². The zero-order valence-corrected chi connectivity index (χ0v) is 17.0. The smallest absolute Gasteiger partial charge is 0.240 e. The second-order valence-electron chi connectivity index (χ2n) is 5.60. The predicted octanol–water partition coefficient (Wildman–Crippen LogP) is 4.97. The summed E-state index contributed by atoms with van der Waals surface area (Å²) < 4.78 is 0. The molecule has 5 nitrogen and oxygen atoms in total. The fourth-order valence-electron chi connectivity index (χ4n) is 2.13. The van der Waals surface area contributed by atoms with E-state index in [9.17, 15) is 9.59 Å². The number of hydrogen-bond acceptors (Lipinski definition) is 4. The Labute approximate surface area is 172 Å². The molecule has 2 aromatic carbocycles. The fourth-order valence-corrected chi connectivity index (χ4v) is 2.84. The van der Waals surface area contributed by atoms with E-state index in [1.54, 1.807) is 36.2 Å². The van der Waals surface area contributed by atoms with Gasteiger partial charge in [0.2, 0.25) is 11.8 Å². The number of nitrogens with one attached hydrogen (secondary N) is 2. The van der Waals surface area contributed by atoms with Crippen molar-refractivity contribution in [3.8, 4) is 0 Å². The maximum absolute atomic E-state index is 11.9. The van der Waals surface area contributed by atoms with E-state index in [-0.39, 0.29) is 24.7 Å². The van der Waals surface area contributed by atoms with Crippen LogP contribution in [0.1, 0.15) is 24.8 Å². The van der Waals surface area contributed by atoms with Crippen LogP contribution in [0.3, 0.4) is 0 Å². The molecule has 0 saturated carbocycles. The fraction of sp³-hybridized carbons (Fsp3) is 0.211. The maximum atomic E-state index is 11.9. The highest BCUT2D eigenvalue weighted by Crippen LogP contribution is 2.25. The van der Waals surface area contributed by atoms with Crippen molar-refractivity contribution in [2.45, 2.75) is 24.2 Å². The van der Waals surface area contributed by atoms with Gasteiger partial charge in [0, 0.05) is 23.4 Å². The topological polar surface area (TPSA) is 70.6 Å². The van der Waals surface area contributed by atoms with E-state index in [2.05, 4.69) is 15.8 Å². The first kappa shape index (κ1) is 21.3. The highest BCUT2D eigenvalue weighted by Gasteiger charge is 2.06. The van der Waals surface area contributed by atoms with Crippen molar-refractivity contribution in [2.75, 3.05) is 11.6 Å². The summed E-state index contributed by atoms with van der Waals surface area (Å²) in [5.41, 5.74) is 3.92. The molecule has 2 aromatic rings. The van der Waals surface area contributed by atoms with Crippen molar-refractivity contribution in [2.24, 2.45) is 5.10 Å². The lowest BCUT2D eigenvalue weighted by atomic mass is 10.2. The van der Waals surface area contributed by atoms with Gasteiger partial charge in [-0.1, -0.05) is 35.3 Å². The zero-order chi connectivity index (χ0) is 19.6. The molecule has 2 N–H and O–H groups in total. The normalized spacial score (nSPS) is 10.8. The Morgan fingerprint density at radius 3 is 2.41 bits per heavy atom. The van der Waals surface area contributed by atoms with Crippen LogP contribution in [-0.4, -0.2) is 24.3 Å². The number of benzene rings is 2. The summed E-state index contributed by atoms with van der Waals surface area (Å²) in [6.07, 6.45) is 4.43. The van der Waals surface area contributed by atoms with Crippen LogP contribution >= 0.6 is 35.0 Å². The van der Waals surface area contributed by atoms with Crippen molar-refractivity contribution >= 4 is 58.7 Å². The molecule has 27 heavy (non-hydrogen) atoms. The number of carbonyl (C=O) groups excluding carboxylic acids is 2. The summed E-state index contributed by atoms with van der Waals surface area (Å²) in [7, 11) is 0. The maximum Gasteiger partial charge on any atom is 0.240 e. The SMILES string of the molecule is CSc1ccc(/C=N\NC(=O)CCCC(=O)Nc2ccc(Cl)c(Cl)c2)cc1. The van der Waals surface area contributed by atoms with Crippen LogP contribution in [0, 0.1) is 0 Å². The third-order valence-electron chi connectivity index (χ3n) is 3.53. The molecule has 0 saturated heterocycles. The van der Waals surface area contributed by atoms with Crippen LogP contribution in [0.4, 0.5) is 5.69 Å². The van der Waals surface area contributed by atoms with Crippen LogP contribution in [0.15, 0.2) is 52.5 Å². The van der Waals surface area contributed by atoms with Crippen LogP contribution in [0.5, 0.6) is 0 Å². The molecule has 0 aliphatic heterocycles. The summed E-state index contributed by atoms with van der Waals surface area (Å²) in [4.78, 5) is 24.8. The minimum absolute atomic E-state index is 0.196. The number of rotatable bonds is 8. The van der Waals surface area contributed by atoms with Gasteiger partial charge in [-0.2, -0.15) is 5.10 Å². The molecule has 0 fully saturated rings.